The fourth-order valence-corrected chi connectivity index (χ4v) is 3.21. The van der Waals surface area contributed by atoms with E-state index in [0.717, 1.165) is 3.79 Å². The standard InChI is InChI=1S/C9H13BrO2S/c1-6-7(2-4-11)8(3-5-12)13-9(6)10/h11-12H,2-5H2,1H3. The molecule has 0 bridgehead atoms. The first-order valence-electron chi connectivity index (χ1n) is 4.19. The van der Waals surface area contributed by atoms with Crippen LogP contribution in [0.3, 0.4) is 0 Å². The molecule has 4 heteroatoms. The van der Waals surface area contributed by atoms with Gasteiger partial charge in [0.15, 0.2) is 0 Å². The molecule has 0 unspecified atom stereocenters. The summed E-state index contributed by atoms with van der Waals surface area (Å²) in [6.07, 6.45) is 1.37. The van der Waals surface area contributed by atoms with Gasteiger partial charge in [0.25, 0.3) is 0 Å². The van der Waals surface area contributed by atoms with Crippen molar-refractivity contribution in [2.75, 3.05) is 13.2 Å². The zero-order valence-corrected chi connectivity index (χ0v) is 9.91. The van der Waals surface area contributed by atoms with Crippen LogP contribution in [0, 0.1) is 6.92 Å². The second-order valence-corrected chi connectivity index (χ2v) is 5.27. The monoisotopic (exact) mass is 264 g/mol. The maximum atomic E-state index is 8.87. The lowest BCUT2D eigenvalue weighted by Crippen LogP contribution is -1.97. The van der Waals surface area contributed by atoms with Gasteiger partial charge in [-0.1, -0.05) is 0 Å². The van der Waals surface area contributed by atoms with E-state index in [9.17, 15) is 0 Å². The minimum atomic E-state index is 0.169. The molecule has 2 N–H and O–H groups in total. The second kappa shape index (κ2) is 5.10. The lowest BCUT2D eigenvalue weighted by atomic mass is 10.1. The largest absolute Gasteiger partial charge is 0.396 e. The topological polar surface area (TPSA) is 40.5 Å². The van der Waals surface area contributed by atoms with E-state index in [4.69, 9.17) is 10.2 Å². The maximum absolute atomic E-state index is 8.87. The molecule has 0 spiro atoms. The summed E-state index contributed by atoms with van der Waals surface area (Å²) in [6, 6.07) is 0. The summed E-state index contributed by atoms with van der Waals surface area (Å²) in [6.45, 7) is 2.37. The minimum absolute atomic E-state index is 0.169. The van der Waals surface area contributed by atoms with Crippen LogP contribution in [-0.2, 0) is 12.8 Å². The summed E-state index contributed by atoms with van der Waals surface area (Å²) in [5.41, 5.74) is 2.39. The molecule has 0 fully saturated rings. The van der Waals surface area contributed by atoms with Gasteiger partial charge < -0.3 is 10.2 Å². The van der Waals surface area contributed by atoms with Gasteiger partial charge in [-0.05, 0) is 40.4 Å². The van der Waals surface area contributed by atoms with Crippen LogP contribution >= 0.6 is 27.3 Å². The maximum Gasteiger partial charge on any atom is 0.0733 e. The highest BCUT2D eigenvalue weighted by molar-refractivity contribution is 9.11. The zero-order chi connectivity index (χ0) is 9.84. The van der Waals surface area contributed by atoms with Crippen LogP contribution in [0.1, 0.15) is 16.0 Å². The molecule has 0 aliphatic carbocycles. The van der Waals surface area contributed by atoms with Crippen molar-refractivity contribution in [3.05, 3.63) is 19.8 Å². The molecule has 1 rings (SSSR count). The molecule has 1 aromatic rings. The summed E-state index contributed by atoms with van der Waals surface area (Å²) in [4.78, 5) is 1.18. The van der Waals surface area contributed by atoms with Crippen molar-refractivity contribution in [3.8, 4) is 0 Å². The van der Waals surface area contributed by atoms with Gasteiger partial charge in [0, 0.05) is 24.5 Å². The number of hydrogen-bond acceptors (Lipinski definition) is 3. The number of aliphatic hydroxyl groups is 2. The van der Waals surface area contributed by atoms with E-state index in [2.05, 4.69) is 15.9 Å². The first-order valence-corrected chi connectivity index (χ1v) is 5.80. The molecule has 0 radical (unpaired) electrons. The molecule has 1 heterocycles. The van der Waals surface area contributed by atoms with E-state index < -0.39 is 0 Å². The van der Waals surface area contributed by atoms with Crippen molar-refractivity contribution in [1.29, 1.82) is 0 Å². The third kappa shape index (κ3) is 2.53. The van der Waals surface area contributed by atoms with Gasteiger partial charge in [0.1, 0.15) is 0 Å². The SMILES string of the molecule is Cc1c(Br)sc(CCO)c1CCO. The molecular formula is C9H13BrO2S. The quantitative estimate of drug-likeness (QED) is 0.872. The van der Waals surface area contributed by atoms with Gasteiger partial charge in [0.05, 0.1) is 3.79 Å². The van der Waals surface area contributed by atoms with Gasteiger partial charge in [0.2, 0.25) is 0 Å². The lowest BCUT2D eigenvalue weighted by Gasteiger charge is -2.01. The normalized spacial score (nSPS) is 10.8. The van der Waals surface area contributed by atoms with Crippen LogP contribution in [0.5, 0.6) is 0 Å². The molecule has 2 nitrogen and oxygen atoms in total. The van der Waals surface area contributed by atoms with E-state index in [1.165, 1.54) is 16.0 Å². The molecule has 0 aliphatic heterocycles. The molecular weight excluding hydrogens is 252 g/mol. The molecule has 74 valence electrons. The van der Waals surface area contributed by atoms with Crippen LogP contribution in [0.4, 0.5) is 0 Å². The Bertz CT molecular complexity index is 283. The zero-order valence-electron chi connectivity index (χ0n) is 7.51. The van der Waals surface area contributed by atoms with Crippen LogP contribution in [-0.4, -0.2) is 23.4 Å². The number of aliphatic hydroxyl groups excluding tert-OH is 2. The number of halogens is 1. The Balaban J connectivity index is 2.96. The van der Waals surface area contributed by atoms with E-state index >= 15 is 0 Å². The minimum Gasteiger partial charge on any atom is -0.396 e. The summed E-state index contributed by atoms with van der Waals surface area (Å²) in [5.74, 6) is 0. The van der Waals surface area contributed by atoms with E-state index in [1.807, 2.05) is 6.92 Å². The van der Waals surface area contributed by atoms with Gasteiger partial charge in [-0.25, -0.2) is 0 Å². The fourth-order valence-electron chi connectivity index (χ4n) is 1.32. The van der Waals surface area contributed by atoms with Gasteiger partial charge in [-0.3, -0.25) is 0 Å². The van der Waals surface area contributed by atoms with Gasteiger partial charge in [-0.2, -0.15) is 0 Å². The predicted octanol–water partition coefficient (Wildman–Crippen LogP) is 1.89. The average Bonchev–Trinajstić information content (AvgIpc) is 2.34. The van der Waals surface area contributed by atoms with Crippen molar-refractivity contribution in [2.45, 2.75) is 19.8 Å². The second-order valence-electron chi connectivity index (χ2n) is 2.85. The van der Waals surface area contributed by atoms with Crippen molar-refractivity contribution in [2.24, 2.45) is 0 Å². The Labute approximate surface area is 90.4 Å². The molecule has 1 aromatic heterocycles. The first kappa shape index (κ1) is 11.2. The highest BCUT2D eigenvalue weighted by atomic mass is 79.9. The number of hydrogen-bond donors (Lipinski definition) is 2. The molecule has 0 aromatic carbocycles. The van der Waals surface area contributed by atoms with Gasteiger partial charge in [-0.15, -0.1) is 11.3 Å². The number of thiophene rings is 1. The van der Waals surface area contributed by atoms with E-state index in [0.29, 0.717) is 12.8 Å². The van der Waals surface area contributed by atoms with Crippen LogP contribution in [0.25, 0.3) is 0 Å². The molecule has 0 saturated carbocycles. The Kier molecular flexibility index (Phi) is 4.38. The van der Waals surface area contributed by atoms with E-state index in [1.54, 1.807) is 11.3 Å². The van der Waals surface area contributed by atoms with Crippen LogP contribution < -0.4 is 0 Å². The Morgan fingerprint density at radius 1 is 1.23 bits per heavy atom. The Morgan fingerprint density at radius 2 is 1.85 bits per heavy atom. The number of rotatable bonds is 4. The third-order valence-corrected chi connectivity index (χ3v) is 4.26. The smallest absolute Gasteiger partial charge is 0.0733 e. The summed E-state index contributed by atoms with van der Waals surface area (Å²) in [7, 11) is 0. The van der Waals surface area contributed by atoms with Gasteiger partial charge >= 0.3 is 0 Å². The third-order valence-electron chi connectivity index (χ3n) is 2.00. The predicted molar refractivity (Wildman–Crippen MR) is 58.3 cm³/mol. The Morgan fingerprint density at radius 3 is 2.38 bits per heavy atom. The van der Waals surface area contributed by atoms with Crippen molar-refractivity contribution >= 4 is 27.3 Å². The van der Waals surface area contributed by atoms with Crippen molar-refractivity contribution < 1.29 is 10.2 Å². The highest BCUT2D eigenvalue weighted by Crippen LogP contribution is 2.33. The molecule has 0 atom stereocenters. The van der Waals surface area contributed by atoms with Crippen LogP contribution in [0.2, 0.25) is 0 Å². The summed E-state index contributed by atoms with van der Waals surface area (Å²) >= 11 is 5.11. The molecule has 0 aliphatic rings. The van der Waals surface area contributed by atoms with Crippen LogP contribution in [0.15, 0.2) is 3.79 Å². The molecule has 13 heavy (non-hydrogen) atoms. The van der Waals surface area contributed by atoms with Crippen molar-refractivity contribution in [1.82, 2.24) is 0 Å². The molecule has 0 saturated heterocycles. The average molecular weight is 265 g/mol. The van der Waals surface area contributed by atoms with E-state index in [-0.39, 0.29) is 13.2 Å². The highest BCUT2D eigenvalue weighted by Gasteiger charge is 2.11. The molecule has 0 amide bonds. The first-order chi connectivity index (χ1) is 6.20. The lowest BCUT2D eigenvalue weighted by molar-refractivity contribution is 0.294. The van der Waals surface area contributed by atoms with Crippen molar-refractivity contribution in [3.63, 3.8) is 0 Å². The summed E-state index contributed by atoms with van der Waals surface area (Å²) < 4.78 is 1.11. The fraction of sp³-hybridized carbons (Fsp3) is 0.556. The Hall–Kier alpha value is 0.1000. The summed E-state index contributed by atoms with van der Waals surface area (Å²) in [5, 5.41) is 17.7.